The Bertz CT molecular complexity index is 555. The first-order valence-electron chi connectivity index (χ1n) is 4.81. The minimum absolute atomic E-state index is 0.224. The van der Waals surface area contributed by atoms with Crippen molar-refractivity contribution in [2.45, 2.75) is 26.8 Å². The highest BCUT2D eigenvalue weighted by Gasteiger charge is 2.09. The Kier molecular flexibility index (Phi) is 4.57. The topological polar surface area (TPSA) is 45.8 Å². The first-order chi connectivity index (χ1) is 7.61. The van der Waals surface area contributed by atoms with E-state index in [1.165, 1.54) is 0 Å². The lowest BCUT2D eigenvalue weighted by Crippen LogP contribution is -2.24. The van der Waals surface area contributed by atoms with Crippen molar-refractivity contribution in [2.24, 2.45) is 0 Å². The summed E-state index contributed by atoms with van der Waals surface area (Å²) < 4.78 is 2.48. The molecule has 3 nitrogen and oxygen atoms in total. The zero-order chi connectivity index (χ0) is 12.1. The number of hydrogen-bond acceptors (Lipinski definition) is 2. The molecule has 0 aliphatic heterocycles. The zero-order valence-electron chi connectivity index (χ0n) is 9.17. The monoisotopic (exact) mass is 326 g/mol. The maximum atomic E-state index is 11.9. The van der Waals surface area contributed by atoms with E-state index in [9.17, 15) is 4.79 Å². The SMILES string of the molecule is CC#CCCn1cc(I)c(C)c(C#N)c1=O. The van der Waals surface area contributed by atoms with Gasteiger partial charge in [-0.3, -0.25) is 4.79 Å². The molecule has 0 amide bonds. The molecule has 1 heterocycles. The number of halogens is 1. The van der Waals surface area contributed by atoms with Crippen LogP contribution >= 0.6 is 22.6 Å². The van der Waals surface area contributed by atoms with Crippen molar-refractivity contribution in [1.29, 1.82) is 5.26 Å². The van der Waals surface area contributed by atoms with Crippen LogP contribution in [-0.2, 0) is 6.54 Å². The van der Waals surface area contributed by atoms with Gasteiger partial charge in [0, 0.05) is 22.7 Å². The summed E-state index contributed by atoms with van der Waals surface area (Å²) in [6.45, 7) is 4.09. The summed E-state index contributed by atoms with van der Waals surface area (Å²) in [5.41, 5.74) is 0.764. The van der Waals surface area contributed by atoms with Crippen LogP contribution < -0.4 is 5.56 Å². The van der Waals surface area contributed by atoms with Crippen LogP contribution in [0.5, 0.6) is 0 Å². The lowest BCUT2D eigenvalue weighted by atomic mass is 10.2. The van der Waals surface area contributed by atoms with Gasteiger partial charge in [0.25, 0.3) is 5.56 Å². The Morgan fingerprint density at radius 1 is 1.56 bits per heavy atom. The summed E-state index contributed by atoms with van der Waals surface area (Å²) in [4.78, 5) is 11.9. The van der Waals surface area contributed by atoms with Gasteiger partial charge in [0.2, 0.25) is 0 Å². The lowest BCUT2D eigenvalue weighted by molar-refractivity contribution is 0.682. The van der Waals surface area contributed by atoms with Gasteiger partial charge in [0.05, 0.1) is 0 Å². The lowest BCUT2D eigenvalue weighted by Gasteiger charge is -2.07. The molecule has 0 aromatic carbocycles. The van der Waals surface area contributed by atoms with Crippen LogP contribution in [-0.4, -0.2) is 4.57 Å². The third-order valence-electron chi connectivity index (χ3n) is 2.24. The third kappa shape index (κ3) is 2.65. The molecule has 0 saturated heterocycles. The summed E-state index contributed by atoms with van der Waals surface area (Å²) in [5, 5.41) is 8.93. The van der Waals surface area contributed by atoms with Gasteiger partial charge in [-0.05, 0) is 42.0 Å². The van der Waals surface area contributed by atoms with E-state index in [-0.39, 0.29) is 11.1 Å². The number of nitrogens with zero attached hydrogens (tertiary/aromatic N) is 2. The Hall–Kier alpha value is -1.27. The van der Waals surface area contributed by atoms with Crippen molar-refractivity contribution in [2.75, 3.05) is 0 Å². The number of aromatic nitrogens is 1. The molecular weight excluding hydrogens is 315 g/mol. The van der Waals surface area contributed by atoms with Crippen LogP contribution in [0.3, 0.4) is 0 Å². The molecule has 1 aromatic rings. The van der Waals surface area contributed by atoms with Crippen LogP contribution in [0.1, 0.15) is 24.5 Å². The van der Waals surface area contributed by atoms with E-state index in [1.807, 2.05) is 6.07 Å². The molecular formula is C12H11IN2O. The summed E-state index contributed by atoms with van der Waals surface area (Å²) in [6, 6.07) is 1.96. The molecule has 4 heteroatoms. The van der Waals surface area contributed by atoms with Gasteiger partial charge in [0.15, 0.2) is 0 Å². The average Bonchev–Trinajstić information content (AvgIpc) is 2.26. The van der Waals surface area contributed by atoms with Gasteiger partial charge in [-0.2, -0.15) is 5.26 Å². The maximum Gasteiger partial charge on any atom is 0.268 e. The average molecular weight is 326 g/mol. The van der Waals surface area contributed by atoms with E-state index in [0.29, 0.717) is 13.0 Å². The molecule has 82 valence electrons. The molecule has 1 aromatic heterocycles. The molecule has 0 atom stereocenters. The molecule has 0 saturated carbocycles. The maximum absolute atomic E-state index is 11.9. The van der Waals surface area contributed by atoms with Crippen LogP contribution in [0.4, 0.5) is 0 Å². The first kappa shape index (κ1) is 12.8. The van der Waals surface area contributed by atoms with Crippen LogP contribution in [0, 0.1) is 33.7 Å². The number of nitriles is 1. The second-order valence-corrected chi connectivity index (χ2v) is 4.43. The molecule has 0 fully saturated rings. The number of hydrogen-bond donors (Lipinski definition) is 0. The molecule has 0 aliphatic carbocycles. The highest BCUT2D eigenvalue weighted by molar-refractivity contribution is 14.1. The fourth-order valence-corrected chi connectivity index (χ4v) is 1.92. The molecule has 0 radical (unpaired) electrons. The van der Waals surface area contributed by atoms with E-state index < -0.39 is 0 Å². The molecule has 0 N–H and O–H groups in total. The van der Waals surface area contributed by atoms with Gasteiger partial charge in [0.1, 0.15) is 11.6 Å². The van der Waals surface area contributed by atoms with E-state index in [1.54, 1.807) is 24.6 Å². The van der Waals surface area contributed by atoms with Crippen molar-refractivity contribution in [1.82, 2.24) is 4.57 Å². The van der Waals surface area contributed by atoms with Crippen molar-refractivity contribution in [3.8, 4) is 17.9 Å². The number of aryl methyl sites for hydroxylation is 1. The van der Waals surface area contributed by atoms with Crippen LogP contribution in [0.15, 0.2) is 11.0 Å². The Labute approximate surface area is 108 Å². The normalized spacial score (nSPS) is 9.12. The van der Waals surface area contributed by atoms with Crippen LogP contribution in [0.25, 0.3) is 0 Å². The molecule has 0 bridgehead atoms. The van der Waals surface area contributed by atoms with Crippen molar-refractivity contribution in [3.63, 3.8) is 0 Å². The van der Waals surface area contributed by atoms with Gasteiger partial charge < -0.3 is 4.57 Å². The quantitative estimate of drug-likeness (QED) is 0.617. The van der Waals surface area contributed by atoms with E-state index in [0.717, 1.165) is 9.13 Å². The van der Waals surface area contributed by atoms with E-state index >= 15 is 0 Å². The largest absolute Gasteiger partial charge is 0.312 e. The fraction of sp³-hybridized carbons (Fsp3) is 0.333. The Morgan fingerprint density at radius 3 is 2.81 bits per heavy atom. The van der Waals surface area contributed by atoms with Crippen molar-refractivity contribution < 1.29 is 0 Å². The second kappa shape index (κ2) is 5.72. The molecule has 16 heavy (non-hydrogen) atoms. The standard InChI is InChI=1S/C12H11IN2O/c1-3-4-5-6-15-8-11(13)9(2)10(7-14)12(15)16/h8H,5-6H2,1-2H3. The predicted molar refractivity (Wildman–Crippen MR) is 70.9 cm³/mol. The molecule has 0 unspecified atom stereocenters. The Balaban J connectivity index is 3.21. The van der Waals surface area contributed by atoms with Gasteiger partial charge in [-0.1, -0.05) is 0 Å². The smallest absolute Gasteiger partial charge is 0.268 e. The number of pyridine rings is 1. The molecule has 0 aliphatic rings. The van der Waals surface area contributed by atoms with Gasteiger partial charge in [-0.15, -0.1) is 11.8 Å². The Morgan fingerprint density at radius 2 is 2.25 bits per heavy atom. The summed E-state index contributed by atoms with van der Waals surface area (Å²) >= 11 is 2.13. The summed E-state index contributed by atoms with van der Waals surface area (Å²) in [6.07, 6.45) is 2.40. The highest BCUT2D eigenvalue weighted by atomic mass is 127. The van der Waals surface area contributed by atoms with E-state index in [2.05, 4.69) is 34.4 Å². The summed E-state index contributed by atoms with van der Waals surface area (Å²) in [7, 11) is 0. The molecule has 1 rings (SSSR count). The predicted octanol–water partition coefficient (Wildman–Crippen LogP) is 2.05. The first-order valence-corrected chi connectivity index (χ1v) is 5.89. The van der Waals surface area contributed by atoms with Gasteiger partial charge in [-0.25, -0.2) is 0 Å². The molecule has 0 spiro atoms. The van der Waals surface area contributed by atoms with Crippen molar-refractivity contribution >= 4 is 22.6 Å². The summed E-state index contributed by atoms with van der Waals surface area (Å²) in [5.74, 6) is 5.68. The second-order valence-electron chi connectivity index (χ2n) is 3.26. The highest BCUT2D eigenvalue weighted by Crippen LogP contribution is 2.11. The van der Waals surface area contributed by atoms with Crippen LogP contribution in [0.2, 0.25) is 0 Å². The van der Waals surface area contributed by atoms with E-state index in [4.69, 9.17) is 5.26 Å². The minimum Gasteiger partial charge on any atom is -0.312 e. The number of rotatable bonds is 2. The fourth-order valence-electron chi connectivity index (χ4n) is 1.31. The minimum atomic E-state index is -0.224. The van der Waals surface area contributed by atoms with Gasteiger partial charge >= 0.3 is 0 Å². The zero-order valence-corrected chi connectivity index (χ0v) is 11.3. The third-order valence-corrected chi connectivity index (χ3v) is 3.33. The van der Waals surface area contributed by atoms with Crippen molar-refractivity contribution in [3.05, 3.63) is 31.2 Å².